The van der Waals surface area contributed by atoms with Crippen molar-refractivity contribution < 1.29 is 4.79 Å². The first kappa shape index (κ1) is 13.4. The number of carbonyl (C=O) groups is 1. The highest BCUT2D eigenvalue weighted by molar-refractivity contribution is 6.18. The first-order valence-corrected chi connectivity index (χ1v) is 6.93. The normalized spacial score (nSPS) is 17.2. The molecule has 1 fully saturated rings. The van der Waals surface area contributed by atoms with Crippen LogP contribution in [0.15, 0.2) is 0 Å². The summed E-state index contributed by atoms with van der Waals surface area (Å²) in [5, 5.41) is 4.31. The third-order valence-corrected chi connectivity index (χ3v) is 4.28. The van der Waals surface area contributed by atoms with E-state index in [1.54, 1.807) is 4.68 Å². The number of carbonyl (C=O) groups excluding carboxylic acids is 1. The molecule has 0 atom stereocenters. The average Bonchev–Trinajstić information content (AvgIpc) is 2.63. The maximum Gasteiger partial charge on any atom is 0.257 e. The summed E-state index contributed by atoms with van der Waals surface area (Å²) in [7, 11) is 1.87. The summed E-state index contributed by atoms with van der Waals surface area (Å²) in [6.07, 6.45) is 2.02. The van der Waals surface area contributed by atoms with Crippen LogP contribution in [0.1, 0.15) is 34.6 Å². The lowest BCUT2D eigenvalue weighted by Crippen LogP contribution is -2.39. The molecule has 1 aliphatic rings. The van der Waals surface area contributed by atoms with E-state index >= 15 is 0 Å². The second-order valence-electron chi connectivity index (χ2n) is 5.06. The molecule has 1 amide bonds. The van der Waals surface area contributed by atoms with Crippen molar-refractivity contribution >= 4 is 17.5 Å². The molecule has 100 valence electrons. The Balaban J connectivity index is 2.13. The Morgan fingerprint density at radius 3 is 2.44 bits per heavy atom. The summed E-state index contributed by atoms with van der Waals surface area (Å²) in [5.74, 6) is 1.38. The summed E-state index contributed by atoms with van der Waals surface area (Å²) in [5.41, 5.74) is 2.53. The Kier molecular flexibility index (Phi) is 3.95. The number of alkyl halides is 1. The summed E-state index contributed by atoms with van der Waals surface area (Å²) >= 11 is 5.86. The lowest BCUT2D eigenvalue weighted by Gasteiger charge is -2.31. The molecule has 4 nitrogen and oxygen atoms in total. The number of piperidine rings is 1. The molecule has 0 radical (unpaired) electrons. The first-order valence-electron chi connectivity index (χ1n) is 6.40. The van der Waals surface area contributed by atoms with Gasteiger partial charge in [-0.1, -0.05) is 0 Å². The third-order valence-electron chi connectivity index (χ3n) is 3.84. The average molecular weight is 270 g/mol. The van der Waals surface area contributed by atoms with Crippen LogP contribution in [0, 0.1) is 19.8 Å². The van der Waals surface area contributed by atoms with E-state index in [0.717, 1.165) is 42.9 Å². The minimum atomic E-state index is 0.117. The molecule has 18 heavy (non-hydrogen) atoms. The van der Waals surface area contributed by atoms with Crippen molar-refractivity contribution in [1.82, 2.24) is 14.7 Å². The zero-order valence-electron chi connectivity index (χ0n) is 11.2. The highest BCUT2D eigenvalue weighted by atomic mass is 35.5. The SMILES string of the molecule is Cc1nn(C)c(C)c1C(=O)N1CCC(CCl)CC1. The maximum absolute atomic E-state index is 12.5. The summed E-state index contributed by atoms with van der Waals surface area (Å²) in [6.45, 7) is 5.46. The molecule has 1 aromatic heterocycles. The van der Waals surface area contributed by atoms with Gasteiger partial charge in [-0.3, -0.25) is 9.48 Å². The lowest BCUT2D eigenvalue weighted by atomic mass is 9.98. The van der Waals surface area contributed by atoms with Crippen molar-refractivity contribution in [3.05, 3.63) is 17.0 Å². The molecule has 0 aromatic carbocycles. The van der Waals surface area contributed by atoms with Crippen molar-refractivity contribution in [2.75, 3.05) is 19.0 Å². The molecule has 2 heterocycles. The molecule has 1 aliphatic heterocycles. The molecule has 0 unspecified atom stereocenters. The fourth-order valence-electron chi connectivity index (χ4n) is 2.53. The third kappa shape index (κ3) is 2.39. The molecule has 1 aromatic rings. The molecule has 0 N–H and O–H groups in total. The van der Waals surface area contributed by atoms with Gasteiger partial charge in [0, 0.05) is 31.7 Å². The minimum Gasteiger partial charge on any atom is -0.339 e. The molecule has 1 saturated heterocycles. The number of halogens is 1. The topological polar surface area (TPSA) is 38.1 Å². The molecule has 0 spiro atoms. The summed E-state index contributed by atoms with van der Waals surface area (Å²) in [4.78, 5) is 14.4. The first-order chi connectivity index (χ1) is 8.54. The van der Waals surface area contributed by atoms with Gasteiger partial charge in [0.15, 0.2) is 0 Å². The van der Waals surface area contributed by atoms with E-state index in [2.05, 4.69) is 5.10 Å². The Labute approximate surface area is 113 Å². The number of amides is 1. The van der Waals surface area contributed by atoms with E-state index < -0.39 is 0 Å². The van der Waals surface area contributed by atoms with Crippen molar-refractivity contribution in [1.29, 1.82) is 0 Å². The van der Waals surface area contributed by atoms with Crippen molar-refractivity contribution in [2.45, 2.75) is 26.7 Å². The van der Waals surface area contributed by atoms with Crippen LogP contribution < -0.4 is 0 Å². The van der Waals surface area contributed by atoms with Crippen LogP contribution in [-0.2, 0) is 7.05 Å². The van der Waals surface area contributed by atoms with Gasteiger partial charge in [-0.25, -0.2) is 0 Å². The van der Waals surface area contributed by atoms with Gasteiger partial charge in [0.2, 0.25) is 0 Å². The number of aryl methyl sites for hydroxylation is 2. The van der Waals surface area contributed by atoms with Gasteiger partial charge in [-0.2, -0.15) is 5.10 Å². The van der Waals surface area contributed by atoms with Crippen molar-refractivity contribution in [2.24, 2.45) is 13.0 Å². The molecular formula is C13H20ClN3O. The van der Waals surface area contributed by atoms with Crippen LogP contribution in [0.3, 0.4) is 0 Å². The lowest BCUT2D eigenvalue weighted by molar-refractivity contribution is 0.0696. The smallest absolute Gasteiger partial charge is 0.257 e. The standard InChI is InChI=1S/C13H20ClN3O/c1-9-12(10(2)16(3)15-9)13(18)17-6-4-11(8-14)5-7-17/h11H,4-8H2,1-3H3. The van der Waals surface area contributed by atoms with Gasteiger partial charge < -0.3 is 4.90 Å². The van der Waals surface area contributed by atoms with Gasteiger partial charge in [-0.05, 0) is 32.6 Å². The van der Waals surface area contributed by atoms with Gasteiger partial charge in [-0.15, -0.1) is 11.6 Å². The summed E-state index contributed by atoms with van der Waals surface area (Å²) in [6, 6.07) is 0. The zero-order valence-corrected chi connectivity index (χ0v) is 12.0. The minimum absolute atomic E-state index is 0.117. The van der Waals surface area contributed by atoms with Crippen LogP contribution in [0.25, 0.3) is 0 Å². The Hall–Kier alpha value is -1.03. The van der Waals surface area contributed by atoms with Crippen molar-refractivity contribution in [3.8, 4) is 0 Å². The van der Waals surface area contributed by atoms with Crippen LogP contribution in [-0.4, -0.2) is 39.6 Å². The van der Waals surface area contributed by atoms with E-state index in [4.69, 9.17) is 11.6 Å². The fraction of sp³-hybridized carbons (Fsp3) is 0.692. The van der Waals surface area contributed by atoms with Gasteiger partial charge in [0.25, 0.3) is 5.91 Å². The van der Waals surface area contributed by atoms with Crippen LogP contribution in [0.5, 0.6) is 0 Å². The van der Waals surface area contributed by atoms with Crippen LogP contribution in [0.4, 0.5) is 0 Å². The molecule has 5 heteroatoms. The molecular weight excluding hydrogens is 250 g/mol. The number of nitrogens with zero attached hydrogens (tertiary/aromatic N) is 3. The fourth-order valence-corrected chi connectivity index (χ4v) is 2.84. The van der Waals surface area contributed by atoms with E-state index in [-0.39, 0.29) is 5.91 Å². The predicted molar refractivity (Wildman–Crippen MR) is 72.0 cm³/mol. The maximum atomic E-state index is 12.5. The van der Waals surface area contributed by atoms with Gasteiger partial charge in [0.05, 0.1) is 11.3 Å². The Bertz CT molecular complexity index is 447. The molecule has 0 saturated carbocycles. The van der Waals surface area contributed by atoms with Crippen molar-refractivity contribution in [3.63, 3.8) is 0 Å². The predicted octanol–water partition coefficient (Wildman–Crippen LogP) is 2.13. The number of likely N-dealkylation sites (tertiary alicyclic amines) is 1. The Morgan fingerprint density at radius 2 is 2.00 bits per heavy atom. The number of aromatic nitrogens is 2. The molecule has 0 bridgehead atoms. The number of hydrogen-bond donors (Lipinski definition) is 0. The molecule has 0 aliphatic carbocycles. The number of rotatable bonds is 2. The van der Waals surface area contributed by atoms with E-state index in [0.29, 0.717) is 11.8 Å². The van der Waals surface area contributed by atoms with E-state index in [1.807, 2.05) is 25.8 Å². The second kappa shape index (κ2) is 5.31. The van der Waals surface area contributed by atoms with Crippen LogP contribution in [0.2, 0.25) is 0 Å². The second-order valence-corrected chi connectivity index (χ2v) is 5.37. The summed E-state index contributed by atoms with van der Waals surface area (Å²) < 4.78 is 1.77. The highest BCUT2D eigenvalue weighted by Gasteiger charge is 2.26. The zero-order chi connectivity index (χ0) is 13.3. The van der Waals surface area contributed by atoms with Crippen LogP contribution >= 0.6 is 11.6 Å². The van der Waals surface area contributed by atoms with Gasteiger partial charge in [0.1, 0.15) is 0 Å². The number of hydrogen-bond acceptors (Lipinski definition) is 2. The van der Waals surface area contributed by atoms with E-state index in [9.17, 15) is 4.79 Å². The van der Waals surface area contributed by atoms with E-state index in [1.165, 1.54) is 0 Å². The largest absolute Gasteiger partial charge is 0.339 e. The quantitative estimate of drug-likeness (QED) is 0.772. The monoisotopic (exact) mass is 269 g/mol. The Morgan fingerprint density at radius 1 is 1.39 bits per heavy atom. The highest BCUT2D eigenvalue weighted by Crippen LogP contribution is 2.22. The van der Waals surface area contributed by atoms with Gasteiger partial charge >= 0.3 is 0 Å². The molecule has 2 rings (SSSR count).